The van der Waals surface area contributed by atoms with E-state index in [1.54, 1.807) is 0 Å². The molecule has 215 valence electrons. The average Bonchev–Trinajstić information content (AvgIpc) is 3.13. The molecule has 1 heterocycles. The molecule has 3 nitrogen and oxygen atoms in total. The quantitative estimate of drug-likeness (QED) is 0.262. The standard InChI is InChI=1S/C18H34O2.C17H14N.Ir/c1-5-17(6-2)11-9-10-13-12-18(7-3,8-4)16(20)14(13)15(17)19;1-12-9-13(2)11-15(10-12)17-16-6-4-3-5-14(16)7-8-18-17;/h13-16,19-20H,5-12H2,1-4H3;3-10H,1-2H3;/q;-1;. The van der Waals surface area contributed by atoms with Crippen molar-refractivity contribution in [1.29, 1.82) is 0 Å². The van der Waals surface area contributed by atoms with Gasteiger partial charge in [-0.05, 0) is 84.2 Å². The van der Waals surface area contributed by atoms with Crippen LogP contribution >= 0.6 is 0 Å². The summed E-state index contributed by atoms with van der Waals surface area (Å²) in [6, 6.07) is 18.0. The maximum atomic E-state index is 11.1. The number of aliphatic hydroxyl groups is 2. The summed E-state index contributed by atoms with van der Waals surface area (Å²) in [7, 11) is 0. The van der Waals surface area contributed by atoms with Crippen molar-refractivity contribution in [2.24, 2.45) is 22.7 Å². The van der Waals surface area contributed by atoms with E-state index in [-0.39, 0.29) is 49.1 Å². The van der Waals surface area contributed by atoms with Gasteiger partial charge in [0.25, 0.3) is 0 Å². The number of pyridine rings is 1. The van der Waals surface area contributed by atoms with Gasteiger partial charge in [0.1, 0.15) is 0 Å². The first kappa shape index (κ1) is 31.9. The van der Waals surface area contributed by atoms with E-state index in [1.807, 2.05) is 12.3 Å². The number of hydrogen-bond acceptors (Lipinski definition) is 3. The van der Waals surface area contributed by atoms with Crippen molar-refractivity contribution in [1.82, 2.24) is 4.98 Å². The van der Waals surface area contributed by atoms with Crippen molar-refractivity contribution < 1.29 is 30.3 Å². The predicted molar refractivity (Wildman–Crippen MR) is 159 cm³/mol. The second kappa shape index (κ2) is 13.4. The molecule has 2 fully saturated rings. The molecule has 2 aromatic carbocycles. The van der Waals surface area contributed by atoms with Gasteiger partial charge in [-0.1, -0.05) is 72.2 Å². The zero-order valence-electron chi connectivity index (χ0n) is 24.8. The van der Waals surface area contributed by atoms with Gasteiger partial charge in [0.05, 0.1) is 12.2 Å². The van der Waals surface area contributed by atoms with Crippen molar-refractivity contribution in [3.8, 4) is 11.3 Å². The van der Waals surface area contributed by atoms with Gasteiger partial charge >= 0.3 is 0 Å². The third-order valence-electron chi connectivity index (χ3n) is 10.3. The molecule has 4 atom stereocenters. The Morgan fingerprint density at radius 1 is 0.897 bits per heavy atom. The van der Waals surface area contributed by atoms with E-state index < -0.39 is 0 Å². The van der Waals surface area contributed by atoms with Crippen molar-refractivity contribution in [2.45, 2.75) is 105 Å². The molecule has 4 unspecified atom stereocenters. The normalized spacial score (nSPS) is 25.1. The molecular weight excluding hydrogens is 659 g/mol. The minimum Gasteiger partial charge on any atom is -0.392 e. The Bertz CT molecular complexity index is 1190. The summed E-state index contributed by atoms with van der Waals surface area (Å²) in [5, 5.41) is 24.5. The van der Waals surface area contributed by atoms with Crippen molar-refractivity contribution in [3.05, 3.63) is 65.9 Å². The SMILES string of the molecule is CCC1(CC)CCCC2CC(CC)(CC)C(O)C2C1O.Cc1[c-]c(-c2nccc3ccccc23)cc(C)c1.[Ir]. The van der Waals surface area contributed by atoms with Crippen LogP contribution in [0.15, 0.2) is 48.7 Å². The molecule has 0 aliphatic heterocycles. The van der Waals surface area contributed by atoms with Crippen molar-refractivity contribution in [2.75, 3.05) is 0 Å². The van der Waals surface area contributed by atoms with Crippen LogP contribution in [-0.4, -0.2) is 27.4 Å². The summed E-state index contributed by atoms with van der Waals surface area (Å²) in [6.45, 7) is 13.0. The van der Waals surface area contributed by atoms with Gasteiger partial charge in [-0.2, -0.15) is 0 Å². The second-order valence-electron chi connectivity index (χ2n) is 12.1. The first-order valence-electron chi connectivity index (χ1n) is 14.9. The van der Waals surface area contributed by atoms with Gasteiger partial charge in [-0.25, -0.2) is 0 Å². The zero-order valence-corrected chi connectivity index (χ0v) is 27.2. The van der Waals surface area contributed by atoms with Crippen LogP contribution in [0.3, 0.4) is 0 Å². The number of fused-ring (bicyclic) bond motifs is 2. The van der Waals surface area contributed by atoms with Crippen LogP contribution in [0, 0.1) is 42.6 Å². The number of benzene rings is 2. The molecule has 0 spiro atoms. The van der Waals surface area contributed by atoms with Crippen LogP contribution in [-0.2, 0) is 20.1 Å². The topological polar surface area (TPSA) is 53.4 Å². The molecule has 2 saturated carbocycles. The molecule has 0 amide bonds. The van der Waals surface area contributed by atoms with Crippen LogP contribution in [0.1, 0.15) is 90.2 Å². The number of hydrogen-bond donors (Lipinski definition) is 2. The van der Waals surface area contributed by atoms with Crippen molar-refractivity contribution >= 4 is 10.8 Å². The molecule has 5 rings (SSSR count). The summed E-state index contributed by atoms with van der Waals surface area (Å²) >= 11 is 0. The van der Waals surface area contributed by atoms with Crippen LogP contribution in [0.4, 0.5) is 0 Å². The van der Waals surface area contributed by atoms with Crippen LogP contribution in [0.25, 0.3) is 22.0 Å². The molecule has 2 aliphatic rings. The van der Waals surface area contributed by atoms with Crippen LogP contribution < -0.4 is 0 Å². The molecule has 2 N–H and O–H groups in total. The average molecular weight is 707 g/mol. The van der Waals surface area contributed by atoms with E-state index in [0.717, 1.165) is 55.3 Å². The summed E-state index contributed by atoms with van der Waals surface area (Å²) in [5.41, 5.74) is 4.58. The Morgan fingerprint density at radius 3 is 2.18 bits per heavy atom. The number of aryl methyl sites for hydroxylation is 2. The fraction of sp³-hybridized carbons (Fsp3) is 0.571. The fourth-order valence-electron chi connectivity index (χ4n) is 7.78. The third kappa shape index (κ3) is 6.20. The maximum Gasteiger partial charge on any atom is 0.0651 e. The summed E-state index contributed by atoms with van der Waals surface area (Å²) in [6.07, 6.45) is 10.0. The number of aliphatic hydroxyl groups excluding tert-OH is 2. The van der Waals surface area contributed by atoms with Crippen LogP contribution in [0.2, 0.25) is 0 Å². The molecule has 4 heteroatoms. The smallest absolute Gasteiger partial charge is 0.0651 e. The molecule has 0 bridgehead atoms. The van der Waals surface area contributed by atoms with Gasteiger partial charge in [0.15, 0.2) is 0 Å². The van der Waals surface area contributed by atoms with Gasteiger partial charge < -0.3 is 15.2 Å². The molecule has 1 radical (unpaired) electrons. The monoisotopic (exact) mass is 707 g/mol. The van der Waals surface area contributed by atoms with E-state index in [9.17, 15) is 10.2 Å². The van der Waals surface area contributed by atoms with E-state index >= 15 is 0 Å². The van der Waals surface area contributed by atoms with E-state index in [0.29, 0.717) is 5.92 Å². The first-order valence-corrected chi connectivity index (χ1v) is 14.9. The minimum absolute atomic E-state index is 0. The second-order valence-corrected chi connectivity index (χ2v) is 12.1. The molecule has 0 saturated heterocycles. The summed E-state index contributed by atoms with van der Waals surface area (Å²) < 4.78 is 0. The Labute approximate surface area is 250 Å². The van der Waals surface area contributed by atoms with Gasteiger partial charge in [-0.3, -0.25) is 0 Å². The largest absolute Gasteiger partial charge is 0.392 e. The Kier molecular flexibility index (Phi) is 11.0. The molecular formula is C35H48IrNO2-. The first-order chi connectivity index (χ1) is 18.2. The number of rotatable bonds is 5. The predicted octanol–water partition coefficient (Wildman–Crippen LogP) is 8.46. The Balaban J connectivity index is 0.000000211. The minimum atomic E-state index is -0.319. The summed E-state index contributed by atoms with van der Waals surface area (Å²) in [4.78, 5) is 4.53. The fourth-order valence-corrected chi connectivity index (χ4v) is 7.78. The molecule has 1 aromatic heterocycles. The molecule has 39 heavy (non-hydrogen) atoms. The zero-order chi connectivity index (χ0) is 27.5. The van der Waals surface area contributed by atoms with E-state index in [4.69, 9.17) is 0 Å². The van der Waals surface area contributed by atoms with E-state index in [2.05, 4.69) is 89.0 Å². The summed E-state index contributed by atoms with van der Waals surface area (Å²) in [5.74, 6) is 0.636. The van der Waals surface area contributed by atoms with Gasteiger partial charge in [0.2, 0.25) is 0 Å². The van der Waals surface area contributed by atoms with Crippen molar-refractivity contribution in [3.63, 3.8) is 0 Å². The van der Waals surface area contributed by atoms with Gasteiger partial charge in [-0.15, -0.1) is 34.9 Å². The third-order valence-corrected chi connectivity index (χ3v) is 10.3. The van der Waals surface area contributed by atoms with Gasteiger partial charge in [0, 0.05) is 32.2 Å². The number of nitrogens with zero attached hydrogens (tertiary/aromatic N) is 1. The molecule has 3 aromatic rings. The van der Waals surface area contributed by atoms with E-state index in [1.165, 1.54) is 29.2 Å². The molecule has 2 aliphatic carbocycles. The Morgan fingerprint density at radius 2 is 1.54 bits per heavy atom. The number of aromatic nitrogens is 1. The van der Waals surface area contributed by atoms with Crippen LogP contribution in [0.5, 0.6) is 0 Å². The maximum absolute atomic E-state index is 11.1. The Hall–Kier alpha value is -1.58.